The summed E-state index contributed by atoms with van der Waals surface area (Å²) in [5.74, 6) is -1.81. The molecule has 6 heteroatoms. The highest BCUT2D eigenvalue weighted by Gasteiger charge is 2.27. The molecule has 1 amide bonds. The number of nitrogens with zero attached hydrogens (tertiary/aromatic N) is 1. The van der Waals surface area contributed by atoms with Crippen molar-refractivity contribution in [3.8, 4) is 0 Å². The number of aliphatic carboxylic acids is 1. The number of hydrogen-bond donors (Lipinski definition) is 1. The third-order valence-electron chi connectivity index (χ3n) is 3.55. The van der Waals surface area contributed by atoms with E-state index in [2.05, 4.69) is 0 Å². The van der Waals surface area contributed by atoms with Gasteiger partial charge in [-0.05, 0) is 25.5 Å². The van der Waals surface area contributed by atoms with Gasteiger partial charge in [0, 0.05) is 12.4 Å². The second-order valence-corrected chi connectivity index (χ2v) is 4.82. The number of amides is 1. The van der Waals surface area contributed by atoms with E-state index in [1.54, 1.807) is 31.2 Å². The van der Waals surface area contributed by atoms with Crippen LogP contribution in [-0.4, -0.2) is 35.0 Å². The summed E-state index contributed by atoms with van der Waals surface area (Å²) in [6.07, 6.45) is 0. The normalized spacial score (nSPS) is 12.1. The fourth-order valence-corrected chi connectivity index (χ4v) is 2.07. The molecule has 1 atom stereocenters. The highest BCUT2D eigenvalue weighted by atomic mass is 16.4. The number of carbonyl (C=O) groups excluding carboxylic acids is 1. The Morgan fingerprint density at radius 2 is 1.90 bits per heavy atom. The number of rotatable bonds is 3. The second-order valence-electron chi connectivity index (χ2n) is 4.82. The van der Waals surface area contributed by atoms with Crippen LogP contribution in [0.4, 0.5) is 0 Å². The number of carboxylic acid groups (broad SMARTS) is 1. The van der Waals surface area contributed by atoms with E-state index >= 15 is 0 Å². The van der Waals surface area contributed by atoms with E-state index in [9.17, 15) is 14.4 Å². The first-order valence-corrected chi connectivity index (χ1v) is 6.37. The molecule has 21 heavy (non-hydrogen) atoms. The minimum Gasteiger partial charge on any atom is -0.480 e. The summed E-state index contributed by atoms with van der Waals surface area (Å²) in [5, 5.41) is 9.61. The van der Waals surface area contributed by atoms with Crippen LogP contribution in [0.5, 0.6) is 0 Å². The molecule has 0 spiro atoms. The Bertz CT molecular complexity index is 777. The molecular formula is C15H15NO5. The number of carbonyl (C=O) groups is 2. The number of para-hydroxylation sites is 1. The highest BCUT2D eigenvalue weighted by molar-refractivity contribution is 6.00. The van der Waals surface area contributed by atoms with Crippen LogP contribution in [0.1, 0.15) is 22.8 Å². The van der Waals surface area contributed by atoms with Crippen LogP contribution in [0.15, 0.2) is 33.5 Å². The van der Waals surface area contributed by atoms with Gasteiger partial charge in [0.05, 0.1) is 0 Å². The lowest BCUT2D eigenvalue weighted by Crippen LogP contribution is -2.42. The lowest BCUT2D eigenvalue weighted by Gasteiger charge is -2.21. The number of fused-ring (bicyclic) bond motifs is 1. The Morgan fingerprint density at radius 1 is 1.29 bits per heavy atom. The summed E-state index contributed by atoms with van der Waals surface area (Å²) in [7, 11) is 1.34. The molecule has 0 bridgehead atoms. The van der Waals surface area contributed by atoms with E-state index in [1.807, 2.05) is 0 Å². The molecule has 1 unspecified atom stereocenters. The Labute approximate surface area is 120 Å². The zero-order valence-corrected chi connectivity index (χ0v) is 11.9. The molecule has 1 N–H and O–H groups in total. The number of aryl methyl sites for hydroxylation is 1. The summed E-state index contributed by atoms with van der Waals surface area (Å²) in [6, 6.07) is 5.84. The van der Waals surface area contributed by atoms with Crippen molar-refractivity contribution < 1.29 is 19.1 Å². The van der Waals surface area contributed by atoms with Crippen molar-refractivity contribution in [2.45, 2.75) is 19.9 Å². The molecule has 1 aromatic carbocycles. The average molecular weight is 289 g/mol. The van der Waals surface area contributed by atoms with Gasteiger partial charge in [-0.25, -0.2) is 9.59 Å². The van der Waals surface area contributed by atoms with E-state index in [0.29, 0.717) is 16.5 Å². The molecule has 0 saturated heterocycles. The molecule has 1 aromatic heterocycles. The minimum atomic E-state index is -1.14. The SMILES string of the molecule is Cc1c(C(=O)N(C)C(C)C(=O)O)c(=O)oc2ccccc12. The Morgan fingerprint density at radius 3 is 2.52 bits per heavy atom. The van der Waals surface area contributed by atoms with Gasteiger partial charge in [-0.3, -0.25) is 4.79 Å². The van der Waals surface area contributed by atoms with Crippen LogP contribution >= 0.6 is 0 Å². The molecule has 0 fully saturated rings. The molecule has 0 saturated carbocycles. The zero-order valence-electron chi connectivity index (χ0n) is 11.9. The summed E-state index contributed by atoms with van der Waals surface area (Å²) >= 11 is 0. The predicted molar refractivity (Wildman–Crippen MR) is 76.4 cm³/mol. The highest BCUT2D eigenvalue weighted by Crippen LogP contribution is 2.20. The number of likely N-dealkylation sites (N-methyl/N-ethyl adjacent to an activating group) is 1. The van der Waals surface area contributed by atoms with Crippen molar-refractivity contribution in [2.75, 3.05) is 7.05 Å². The molecule has 0 aliphatic rings. The smallest absolute Gasteiger partial charge is 0.349 e. The van der Waals surface area contributed by atoms with Gasteiger partial charge < -0.3 is 14.4 Å². The first-order chi connectivity index (χ1) is 9.84. The maximum Gasteiger partial charge on any atom is 0.349 e. The van der Waals surface area contributed by atoms with Crippen LogP contribution in [-0.2, 0) is 4.79 Å². The Balaban J connectivity index is 2.59. The monoisotopic (exact) mass is 289 g/mol. The zero-order chi connectivity index (χ0) is 15.7. The van der Waals surface area contributed by atoms with E-state index in [0.717, 1.165) is 4.90 Å². The first kappa shape index (κ1) is 14.8. The van der Waals surface area contributed by atoms with Gasteiger partial charge in [0.15, 0.2) is 0 Å². The van der Waals surface area contributed by atoms with Crippen LogP contribution in [0.2, 0.25) is 0 Å². The third kappa shape index (κ3) is 2.52. The maximum absolute atomic E-state index is 12.4. The Hall–Kier alpha value is -2.63. The van der Waals surface area contributed by atoms with E-state index < -0.39 is 23.5 Å². The van der Waals surface area contributed by atoms with Crippen molar-refractivity contribution in [2.24, 2.45) is 0 Å². The van der Waals surface area contributed by atoms with E-state index in [4.69, 9.17) is 9.52 Å². The third-order valence-corrected chi connectivity index (χ3v) is 3.55. The fraction of sp³-hybridized carbons (Fsp3) is 0.267. The lowest BCUT2D eigenvalue weighted by molar-refractivity contribution is -0.141. The van der Waals surface area contributed by atoms with Gasteiger partial charge in [-0.2, -0.15) is 0 Å². The largest absolute Gasteiger partial charge is 0.480 e. The van der Waals surface area contributed by atoms with E-state index in [-0.39, 0.29) is 5.56 Å². The van der Waals surface area contributed by atoms with Crippen LogP contribution < -0.4 is 5.63 Å². The average Bonchev–Trinajstić information content (AvgIpc) is 2.45. The molecule has 6 nitrogen and oxygen atoms in total. The number of benzene rings is 1. The minimum absolute atomic E-state index is 0.135. The van der Waals surface area contributed by atoms with Gasteiger partial charge in [-0.1, -0.05) is 18.2 Å². The Kier molecular flexibility index (Phi) is 3.80. The first-order valence-electron chi connectivity index (χ1n) is 6.37. The summed E-state index contributed by atoms with van der Waals surface area (Å²) in [4.78, 5) is 36.4. The van der Waals surface area contributed by atoms with Crippen LogP contribution in [0.25, 0.3) is 11.0 Å². The second kappa shape index (κ2) is 5.40. The predicted octanol–water partition coefficient (Wildman–Crippen LogP) is 1.65. The van der Waals surface area contributed by atoms with Crippen LogP contribution in [0, 0.1) is 6.92 Å². The number of carboxylic acids is 1. The van der Waals surface area contributed by atoms with Gasteiger partial charge in [-0.15, -0.1) is 0 Å². The molecule has 110 valence electrons. The van der Waals surface area contributed by atoms with Gasteiger partial charge in [0.2, 0.25) is 0 Å². The molecule has 0 radical (unpaired) electrons. The standard InChI is InChI=1S/C15H15NO5/c1-8-10-6-4-5-7-11(10)21-15(20)12(8)13(17)16(3)9(2)14(18)19/h4-7,9H,1-3H3,(H,18,19). The van der Waals surface area contributed by atoms with Gasteiger partial charge >= 0.3 is 11.6 Å². The lowest BCUT2D eigenvalue weighted by atomic mass is 10.0. The summed E-state index contributed by atoms with van der Waals surface area (Å²) in [5.41, 5.74) is -0.0216. The molecular weight excluding hydrogens is 274 g/mol. The van der Waals surface area contributed by atoms with Gasteiger partial charge in [0.1, 0.15) is 17.2 Å². The molecule has 2 aromatic rings. The van der Waals surface area contributed by atoms with Crippen molar-refractivity contribution in [1.29, 1.82) is 0 Å². The van der Waals surface area contributed by atoms with Crippen LogP contribution in [0.3, 0.4) is 0 Å². The molecule has 0 aliphatic heterocycles. The van der Waals surface area contributed by atoms with Crippen molar-refractivity contribution in [1.82, 2.24) is 4.90 Å². The molecule has 0 aliphatic carbocycles. The van der Waals surface area contributed by atoms with Crippen molar-refractivity contribution in [3.63, 3.8) is 0 Å². The summed E-state index contributed by atoms with van der Waals surface area (Å²) < 4.78 is 5.13. The molecule has 2 rings (SSSR count). The fourth-order valence-electron chi connectivity index (χ4n) is 2.07. The summed E-state index contributed by atoms with van der Waals surface area (Å²) in [6.45, 7) is 3.02. The van der Waals surface area contributed by atoms with Crippen molar-refractivity contribution >= 4 is 22.8 Å². The molecule has 1 heterocycles. The van der Waals surface area contributed by atoms with Gasteiger partial charge in [0.25, 0.3) is 5.91 Å². The maximum atomic E-state index is 12.4. The van der Waals surface area contributed by atoms with Crippen molar-refractivity contribution in [3.05, 3.63) is 45.8 Å². The topological polar surface area (TPSA) is 87.8 Å². The van der Waals surface area contributed by atoms with E-state index in [1.165, 1.54) is 14.0 Å². The quantitative estimate of drug-likeness (QED) is 0.868. The number of hydrogen-bond acceptors (Lipinski definition) is 4.